The topological polar surface area (TPSA) is 81.9 Å². The highest BCUT2D eigenvalue weighted by molar-refractivity contribution is 7.16. The molecule has 38 heavy (non-hydrogen) atoms. The molecule has 8 heteroatoms. The molecule has 0 aliphatic carbocycles. The second-order valence-electron chi connectivity index (χ2n) is 8.75. The van der Waals surface area contributed by atoms with Crippen LogP contribution in [0, 0.1) is 6.92 Å². The van der Waals surface area contributed by atoms with E-state index in [0.29, 0.717) is 18.1 Å². The van der Waals surface area contributed by atoms with Crippen LogP contribution in [0.5, 0.6) is 5.75 Å². The molecule has 1 N–H and O–H groups in total. The van der Waals surface area contributed by atoms with Gasteiger partial charge in [0, 0.05) is 16.9 Å². The molecule has 0 aliphatic rings. The minimum absolute atomic E-state index is 0.289. The van der Waals surface area contributed by atoms with E-state index in [1.165, 1.54) is 0 Å². The maximum Gasteiger partial charge on any atom is 0.276 e. The fraction of sp³-hybridized carbons (Fsp3) is 0.0667. The molecule has 186 valence electrons. The van der Waals surface area contributed by atoms with Crippen molar-refractivity contribution in [1.82, 2.24) is 19.7 Å². The molecule has 0 saturated carbocycles. The number of pyridine rings is 1. The standard InChI is InChI=1S/C30H23N5O2S/c1-20-6-5-9-29(32-20)35-27(22-10-15-25-28(16-22)38-19-31-25)17-26(34-35)30(36)33-23-11-13-24(14-12-23)37-18-21-7-3-2-4-8-21/h2-17,19H,18H2,1H3,(H,33,36). The number of aromatic nitrogens is 4. The Morgan fingerprint density at radius 2 is 1.79 bits per heavy atom. The molecular weight excluding hydrogens is 494 g/mol. The van der Waals surface area contributed by atoms with E-state index in [9.17, 15) is 4.79 Å². The fourth-order valence-electron chi connectivity index (χ4n) is 4.10. The number of aryl methyl sites for hydroxylation is 1. The summed E-state index contributed by atoms with van der Waals surface area (Å²) < 4.78 is 8.62. The molecule has 6 aromatic rings. The van der Waals surface area contributed by atoms with Crippen LogP contribution in [0.1, 0.15) is 21.7 Å². The predicted molar refractivity (Wildman–Crippen MR) is 150 cm³/mol. The largest absolute Gasteiger partial charge is 0.489 e. The summed E-state index contributed by atoms with van der Waals surface area (Å²) in [5, 5.41) is 7.59. The van der Waals surface area contributed by atoms with Gasteiger partial charge in [-0.05, 0) is 67.1 Å². The van der Waals surface area contributed by atoms with Gasteiger partial charge in [0.2, 0.25) is 0 Å². The van der Waals surface area contributed by atoms with Crippen LogP contribution >= 0.6 is 11.3 Å². The second-order valence-corrected chi connectivity index (χ2v) is 9.64. The summed E-state index contributed by atoms with van der Waals surface area (Å²) in [5.74, 6) is 1.06. The lowest BCUT2D eigenvalue weighted by Gasteiger charge is -2.08. The van der Waals surface area contributed by atoms with Gasteiger partial charge in [0.25, 0.3) is 5.91 Å². The summed E-state index contributed by atoms with van der Waals surface area (Å²) in [6.07, 6.45) is 0. The molecule has 0 saturated heterocycles. The van der Waals surface area contributed by atoms with Gasteiger partial charge in [0.05, 0.1) is 21.4 Å². The molecule has 7 nitrogen and oxygen atoms in total. The smallest absolute Gasteiger partial charge is 0.276 e. The summed E-state index contributed by atoms with van der Waals surface area (Å²) in [5.41, 5.74) is 7.36. The van der Waals surface area contributed by atoms with Crippen molar-refractivity contribution < 1.29 is 9.53 Å². The summed E-state index contributed by atoms with van der Waals surface area (Å²) in [4.78, 5) is 22.2. The van der Waals surface area contributed by atoms with Gasteiger partial charge in [0.15, 0.2) is 11.5 Å². The van der Waals surface area contributed by atoms with E-state index in [2.05, 4.69) is 26.4 Å². The molecule has 0 bridgehead atoms. The number of thiazole rings is 1. The van der Waals surface area contributed by atoms with Crippen molar-refractivity contribution in [3.05, 3.63) is 120 Å². The van der Waals surface area contributed by atoms with Crippen molar-refractivity contribution in [2.75, 3.05) is 5.32 Å². The summed E-state index contributed by atoms with van der Waals surface area (Å²) in [6.45, 7) is 2.41. The quantitative estimate of drug-likeness (QED) is 0.255. The SMILES string of the molecule is Cc1cccc(-n2nc(C(=O)Nc3ccc(OCc4ccccc4)cc3)cc2-c2ccc3ncsc3c2)n1. The highest BCUT2D eigenvalue weighted by atomic mass is 32.1. The number of fused-ring (bicyclic) bond motifs is 1. The average Bonchev–Trinajstić information content (AvgIpc) is 3.61. The van der Waals surface area contributed by atoms with Gasteiger partial charge in [0.1, 0.15) is 12.4 Å². The number of hydrogen-bond donors (Lipinski definition) is 1. The fourth-order valence-corrected chi connectivity index (χ4v) is 4.82. The third-order valence-corrected chi connectivity index (χ3v) is 6.81. The van der Waals surface area contributed by atoms with Crippen LogP contribution in [0.4, 0.5) is 5.69 Å². The normalized spacial score (nSPS) is 11.0. The monoisotopic (exact) mass is 517 g/mol. The lowest BCUT2D eigenvalue weighted by Crippen LogP contribution is -2.13. The first kappa shape index (κ1) is 23.6. The van der Waals surface area contributed by atoms with Crippen molar-refractivity contribution >= 4 is 33.1 Å². The first-order chi connectivity index (χ1) is 18.6. The molecule has 0 aliphatic heterocycles. The molecule has 3 aromatic heterocycles. The van der Waals surface area contributed by atoms with Crippen LogP contribution < -0.4 is 10.1 Å². The van der Waals surface area contributed by atoms with E-state index in [1.807, 2.05) is 97.4 Å². The first-order valence-electron chi connectivity index (χ1n) is 12.1. The van der Waals surface area contributed by atoms with E-state index in [1.54, 1.807) is 22.1 Å². The van der Waals surface area contributed by atoms with E-state index < -0.39 is 0 Å². The molecule has 3 heterocycles. The maximum absolute atomic E-state index is 13.2. The molecule has 0 radical (unpaired) electrons. The third kappa shape index (κ3) is 5.02. The average molecular weight is 518 g/mol. The molecule has 0 spiro atoms. The lowest BCUT2D eigenvalue weighted by molar-refractivity contribution is 0.102. The zero-order valence-electron chi connectivity index (χ0n) is 20.5. The van der Waals surface area contributed by atoms with Crippen LogP contribution in [0.15, 0.2) is 103 Å². The molecule has 6 rings (SSSR count). The number of amides is 1. The van der Waals surface area contributed by atoms with Gasteiger partial charge in [-0.3, -0.25) is 4.79 Å². The lowest BCUT2D eigenvalue weighted by atomic mass is 10.1. The van der Waals surface area contributed by atoms with Crippen molar-refractivity contribution in [3.63, 3.8) is 0 Å². The molecule has 0 fully saturated rings. The van der Waals surface area contributed by atoms with Crippen LogP contribution in [0.25, 0.3) is 27.3 Å². The Morgan fingerprint density at radius 1 is 0.947 bits per heavy atom. The van der Waals surface area contributed by atoms with E-state index in [-0.39, 0.29) is 11.6 Å². The van der Waals surface area contributed by atoms with Gasteiger partial charge < -0.3 is 10.1 Å². The highest BCUT2D eigenvalue weighted by Gasteiger charge is 2.18. The zero-order chi connectivity index (χ0) is 25.9. The van der Waals surface area contributed by atoms with Gasteiger partial charge in [-0.15, -0.1) is 11.3 Å². The Kier molecular flexibility index (Phi) is 6.37. The van der Waals surface area contributed by atoms with Crippen LogP contribution in [-0.4, -0.2) is 25.7 Å². The molecule has 0 atom stereocenters. The minimum atomic E-state index is -0.311. The Morgan fingerprint density at radius 3 is 2.61 bits per heavy atom. The van der Waals surface area contributed by atoms with Gasteiger partial charge in [-0.1, -0.05) is 42.5 Å². The number of nitrogens with zero attached hydrogens (tertiary/aromatic N) is 4. The highest BCUT2D eigenvalue weighted by Crippen LogP contribution is 2.29. The molecular formula is C30H23N5O2S. The summed E-state index contributed by atoms with van der Waals surface area (Å²) in [6, 6.07) is 30.8. The van der Waals surface area contributed by atoms with Crippen molar-refractivity contribution in [3.8, 4) is 22.8 Å². The number of hydrogen-bond acceptors (Lipinski definition) is 6. The minimum Gasteiger partial charge on any atom is -0.489 e. The Bertz CT molecular complexity index is 1730. The summed E-state index contributed by atoms with van der Waals surface area (Å²) >= 11 is 1.57. The molecule has 1 amide bonds. The number of anilines is 1. The van der Waals surface area contributed by atoms with Crippen LogP contribution in [0.2, 0.25) is 0 Å². The van der Waals surface area contributed by atoms with E-state index in [4.69, 9.17) is 4.74 Å². The van der Waals surface area contributed by atoms with Crippen LogP contribution in [-0.2, 0) is 6.61 Å². The maximum atomic E-state index is 13.2. The number of nitrogens with one attached hydrogen (secondary N) is 1. The predicted octanol–water partition coefficient (Wildman–Crippen LogP) is 6.68. The van der Waals surface area contributed by atoms with Crippen molar-refractivity contribution in [2.24, 2.45) is 0 Å². The van der Waals surface area contributed by atoms with Crippen LogP contribution in [0.3, 0.4) is 0 Å². The number of rotatable bonds is 7. The molecule has 0 unspecified atom stereocenters. The Labute approximate surface area is 223 Å². The second kappa shape index (κ2) is 10.3. The number of carbonyl (C=O) groups excluding carboxylic acids is 1. The number of ether oxygens (including phenoxy) is 1. The molecule has 3 aromatic carbocycles. The Balaban J connectivity index is 1.25. The Hall–Kier alpha value is -4.82. The number of carbonyl (C=O) groups is 1. The van der Waals surface area contributed by atoms with Gasteiger partial charge in [-0.25, -0.2) is 14.6 Å². The first-order valence-corrected chi connectivity index (χ1v) is 13.0. The van der Waals surface area contributed by atoms with Crippen molar-refractivity contribution in [1.29, 1.82) is 0 Å². The van der Waals surface area contributed by atoms with Gasteiger partial charge in [-0.2, -0.15) is 5.10 Å². The van der Waals surface area contributed by atoms with E-state index >= 15 is 0 Å². The van der Waals surface area contributed by atoms with Gasteiger partial charge >= 0.3 is 0 Å². The van der Waals surface area contributed by atoms with E-state index in [0.717, 1.165) is 38.5 Å². The zero-order valence-corrected chi connectivity index (χ0v) is 21.4. The van der Waals surface area contributed by atoms with Crippen molar-refractivity contribution in [2.45, 2.75) is 13.5 Å². The number of benzene rings is 3. The summed E-state index contributed by atoms with van der Waals surface area (Å²) in [7, 11) is 0. The third-order valence-electron chi connectivity index (χ3n) is 6.02.